The third kappa shape index (κ3) is 6.32. The van der Waals surface area contributed by atoms with Crippen LogP contribution in [0.4, 0.5) is 0 Å². The maximum absolute atomic E-state index is 13.4. The minimum atomic E-state index is -3.80. The number of hydrogen-bond donors (Lipinski definition) is 3. The van der Waals surface area contributed by atoms with Gasteiger partial charge in [0.1, 0.15) is 5.15 Å². The van der Waals surface area contributed by atoms with E-state index < -0.39 is 27.4 Å². The molecule has 2 aliphatic carbocycles. The van der Waals surface area contributed by atoms with Crippen molar-refractivity contribution in [3.05, 3.63) is 53.2 Å². The molecule has 0 bridgehead atoms. The third-order valence-corrected chi connectivity index (χ3v) is 10.4. The van der Waals surface area contributed by atoms with Gasteiger partial charge in [-0.15, -0.1) is 0 Å². The van der Waals surface area contributed by atoms with Crippen LogP contribution in [-0.4, -0.2) is 41.5 Å². The second kappa shape index (κ2) is 11.4. The molecule has 10 heteroatoms. The first-order valence-electron chi connectivity index (χ1n) is 14.3. The Hall–Kier alpha value is -2.88. The van der Waals surface area contributed by atoms with E-state index in [1.165, 1.54) is 6.42 Å². The molecule has 0 radical (unpaired) electrons. The van der Waals surface area contributed by atoms with Gasteiger partial charge < -0.3 is 15.0 Å². The van der Waals surface area contributed by atoms with E-state index in [1.54, 1.807) is 45.0 Å². The Bertz CT molecular complexity index is 1580. The Morgan fingerprint density at radius 2 is 1.68 bits per heavy atom. The van der Waals surface area contributed by atoms with Crippen LogP contribution in [-0.2, 0) is 21.4 Å². The Balaban J connectivity index is 1.57. The van der Waals surface area contributed by atoms with Crippen LogP contribution < -0.4 is 10.0 Å². The Morgan fingerprint density at radius 3 is 2.32 bits per heavy atom. The molecular formula is C31H38ClN3O5S. The molecule has 0 unspecified atom stereocenters. The summed E-state index contributed by atoms with van der Waals surface area (Å²) >= 11 is 6.95. The first-order valence-corrected chi connectivity index (χ1v) is 16.2. The van der Waals surface area contributed by atoms with Gasteiger partial charge in [-0.3, -0.25) is 9.59 Å². The fourth-order valence-corrected chi connectivity index (χ4v) is 8.03. The lowest BCUT2D eigenvalue weighted by molar-refractivity contribution is -0.145. The van der Waals surface area contributed by atoms with E-state index >= 15 is 0 Å². The molecule has 2 saturated carbocycles. The molecule has 5 rings (SSSR count). The number of aliphatic carboxylic acids is 1. The number of amides is 1. The highest BCUT2D eigenvalue weighted by Gasteiger charge is 2.36. The highest BCUT2D eigenvalue weighted by Crippen LogP contribution is 2.39. The molecule has 2 fully saturated rings. The molecule has 2 aromatic carbocycles. The van der Waals surface area contributed by atoms with Gasteiger partial charge in [0.2, 0.25) is 10.0 Å². The van der Waals surface area contributed by atoms with Crippen LogP contribution in [0.5, 0.6) is 0 Å². The molecule has 1 heterocycles. The number of fused-ring (bicyclic) bond motifs is 1. The molecule has 0 saturated heterocycles. The summed E-state index contributed by atoms with van der Waals surface area (Å²) in [6, 6.07) is 12.4. The van der Waals surface area contributed by atoms with Gasteiger partial charge >= 0.3 is 5.97 Å². The minimum absolute atomic E-state index is 0.194. The van der Waals surface area contributed by atoms with E-state index in [0.717, 1.165) is 42.3 Å². The van der Waals surface area contributed by atoms with Crippen LogP contribution in [0.3, 0.4) is 0 Å². The van der Waals surface area contributed by atoms with E-state index in [2.05, 4.69) is 10.0 Å². The van der Waals surface area contributed by atoms with Crippen molar-refractivity contribution in [1.82, 2.24) is 14.6 Å². The fraction of sp³-hybridized carbons (Fsp3) is 0.484. The predicted octanol–water partition coefficient (Wildman–Crippen LogP) is 6.21. The SMILES string of the molecule is CC(C)(C)NS(=O)(=O)c1ccc(-c2cc(C(=O)N[C@H]3C[C@H](C(=O)O)C3)c(Cl)n2CC2CCCCC2)c2ccccc12. The van der Waals surface area contributed by atoms with Crippen molar-refractivity contribution in [2.45, 2.75) is 88.7 Å². The summed E-state index contributed by atoms with van der Waals surface area (Å²) in [6.45, 7) is 6.07. The highest BCUT2D eigenvalue weighted by molar-refractivity contribution is 7.89. The molecule has 0 spiro atoms. The molecule has 0 aliphatic heterocycles. The van der Waals surface area contributed by atoms with E-state index in [9.17, 15) is 23.1 Å². The van der Waals surface area contributed by atoms with Crippen LogP contribution >= 0.6 is 11.6 Å². The lowest BCUT2D eigenvalue weighted by atomic mass is 9.80. The molecule has 0 atom stereocenters. The summed E-state index contributed by atoms with van der Waals surface area (Å²) in [5.41, 5.74) is 1.24. The fourth-order valence-electron chi connectivity index (χ4n) is 6.10. The van der Waals surface area contributed by atoms with Crippen LogP contribution in [0, 0.1) is 11.8 Å². The average molecular weight is 600 g/mol. The number of aromatic nitrogens is 1. The third-order valence-electron chi connectivity index (χ3n) is 8.15. The first-order chi connectivity index (χ1) is 19.3. The number of sulfonamides is 1. The molecule has 3 aromatic rings. The number of nitrogens with one attached hydrogen (secondary N) is 2. The van der Waals surface area contributed by atoms with Crippen LogP contribution in [0.25, 0.3) is 22.0 Å². The van der Waals surface area contributed by atoms with Crippen molar-refractivity contribution in [3.63, 3.8) is 0 Å². The van der Waals surface area contributed by atoms with E-state index in [1.807, 2.05) is 22.8 Å². The lowest BCUT2D eigenvalue weighted by Gasteiger charge is -2.32. The number of carboxylic acid groups (broad SMARTS) is 1. The normalized spacial score (nSPS) is 20.1. The van der Waals surface area contributed by atoms with Gasteiger partial charge in [-0.05, 0) is 69.9 Å². The zero-order valence-corrected chi connectivity index (χ0v) is 25.3. The van der Waals surface area contributed by atoms with Gasteiger partial charge in [-0.1, -0.05) is 61.2 Å². The molecule has 1 aromatic heterocycles. The maximum atomic E-state index is 13.4. The smallest absolute Gasteiger partial charge is 0.306 e. The largest absolute Gasteiger partial charge is 0.481 e. The van der Waals surface area contributed by atoms with Gasteiger partial charge in [0.05, 0.1) is 22.1 Å². The molecule has 2 aliphatic rings. The number of benzene rings is 2. The summed E-state index contributed by atoms with van der Waals surface area (Å²) in [5, 5.41) is 13.8. The second-order valence-electron chi connectivity index (χ2n) is 12.5. The van der Waals surface area contributed by atoms with E-state index in [-0.39, 0.29) is 16.8 Å². The number of hydrogen-bond acceptors (Lipinski definition) is 4. The van der Waals surface area contributed by atoms with Crippen molar-refractivity contribution in [2.75, 3.05) is 0 Å². The van der Waals surface area contributed by atoms with Crippen molar-refractivity contribution in [3.8, 4) is 11.3 Å². The monoisotopic (exact) mass is 599 g/mol. The minimum Gasteiger partial charge on any atom is -0.481 e. The zero-order valence-electron chi connectivity index (χ0n) is 23.7. The van der Waals surface area contributed by atoms with Crippen molar-refractivity contribution < 1.29 is 23.1 Å². The molecule has 220 valence electrons. The van der Waals surface area contributed by atoms with E-state index in [4.69, 9.17) is 11.6 Å². The second-order valence-corrected chi connectivity index (χ2v) is 14.5. The van der Waals surface area contributed by atoms with Crippen LogP contribution in [0.15, 0.2) is 47.4 Å². The number of halogens is 1. The highest BCUT2D eigenvalue weighted by atomic mass is 35.5. The average Bonchev–Trinajstić information content (AvgIpc) is 3.19. The number of carbonyl (C=O) groups is 2. The topological polar surface area (TPSA) is 118 Å². The van der Waals surface area contributed by atoms with Gasteiger partial charge in [0, 0.05) is 29.1 Å². The molecular weight excluding hydrogens is 562 g/mol. The summed E-state index contributed by atoms with van der Waals surface area (Å²) < 4.78 is 31.5. The maximum Gasteiger partial charge on any atom is 0.306 e. The zero-order chi connectivity index (χ0) is 29.5. The van der Waals surface area contributed by atoms with E-state index in [0.29, 0.717) is 41.4 Å². The number of carboxylic acids is 1. The summed E-state index contributed by atoms with van der Waals surface area (Å²) in [6.07, 6.45) is 6.52. The molecule has 1 amide bonds. The lowest BCUT2D eigenvalue weighted by Crippen LogP contribution is -2.46. The van der Waals surface area contributed by atoms with Crippen LogP contribution in [0.2, 0.25) is 5.15 Å². The van der Waals surface area contributed by atoms with Crippen molar-refractivity contribution in [1.29, 1.82) is 0 Å². The molecule has 41 heavy (non-hydrogen) atoms. The predicted molar refractivity (Wildman–Crippen MR) is 161 cm³/mol. The van der Waals surface area contributed by atoms with Gasteiger partial charge in [-0.25, -0.2) is 13.1 Å². The van der Waals surface area contributed by atoms with Gasteiger partial charge in [0.15, 0.2) is 0 Å². The van der Waals surface area contributed by atoms with Crippen molar-refractivity contribution >= 4 is 44.3 Å². The van der Waals surface area contributed by atoms with Gasteiger partial charge in [0.25, 0.3) is 5.91 Å². The summed E-state index contributed by atoms with van der Waals surface area (Å²) in [4.78, 5) is 24.8. The quantitative estimate of drug-likeness (QED) is 0.284. The van der Waals surface area contributed by atoms with Crippen LogP contribution in [0.1, 0.15) is 76.1 Å². The standard InChI is InChI=1S/C31H38ClN3O5S/c1-31(2,3)34-41(39,40)27-14-13-23(22-11-7-8-12-24(22)27)26-17-25(29(36)33-21-15-20(16-21)30(37)38)28(32)35(26)18-19-9-5-4-6-10-19/h7-8,11-14,17,19-21,34H,4-6,9-10,15-16,18H2,1-3H3,(H,33,36)(H,37,38)/t20-,21-. The number of carbonyl (C=O) groups excluding carboxylic acids is 1. The number of nitrogens with zero attached hydrogens (tertiary/aromatic N) is 1. The van der Waals surface area contributed by atoms with Gasteiger partial charge in [-0.2, -0.15) is 0 Å². The summed E-state index contributed by atoms with van der Waals surface area (Å²) in [7, 11) is -3.80. The first kappa shape index (κ1) is 29.6. The number of rotatable bonds is 8. The summed E-state index contributed by atoms with van der Waals surface area (Å²) in [5.74, 6) is -1.18. The van der Waals surface area contributed by atoms with Crippen molar-refractivity contribution in [2.24, 2.45) is 11.8 Å². The Labute approximate surface area is 246 Å². The Morgan fingerprint density at radius 1 is 1.02 bits per heavy atom. The molecule has 8 nitrogen and oxygen atoms in total. The molecule has 3 N–H and O–H groups in total. The Kier molecular flexibility index (Phi) is 8.25.